The van der Waals surface area contributed by atoms with Crippen molar-refractivity contribution in [1.29, 1.82) is 0 Å². The van der Waals surface area contributed by atoms with Crippen molar-refractivity contribution in [3.05, 3.63) is 175 Å². The summed E-state index contributed by atoms with van der Waals surface area (Å²) < 4.78 is 0.0305. The zero-order valence-corrected chi connectivity index (χ0v) is 28.5. The fraction of sp³-hybridized carbons (Fsp3) is 0.0612. The lowest BCUT2D eigenvalue weighted by atomic mass is 9.82. The van der Waals surface area contributed by atoms with Gasteiger partial charge in [0.2, 0.25) is 0 Å². The predicted molar refractivity (Wildman–Crippen MR) is 218 cm³/mol. The standard InChI is InChI=1S/C49H32S/c1-49-25-24-33(31-19-22-43-39-15-5-3-11-35(39)37-13-7-9-17-41(37)45(43)27-31)29-47(49)46-28-32(20-23-48(46)50-49)30-18-21-42-38-14-4-2-10-34(38)36-12-6-8-16-40(36)44(42)26-30/h2-24,26-29H,25H2,1H3. The molecule has 11 rings (SSSR count). The van der Waals surface area contributed by atoms with Crippen molar-refractivity contribution in [2.45, 2.75) is 23.0 Å². The molecule has 0 aromatic heterocycles. The molecule has 9 aromatic rings. The van der Waals surface area contributed by atoms with Gasteiger partial charge in [-0.05, 0) is 142 Å². The molecule has 0 saturated heterocycles. The van der Waals surface area contributed by atoms with Gasteiger partial charge in [-0.2, -0.15) is 0 Å². The van der Waals surface area contributed by atoms with Gasteiger partial charge in [-0.1, -0.05) is 133 Å². The zero-order valence-electron chi connectivity index (χ0n) is 27.7. The van der Waals surface area contributed by atoms with E-state index < -0.39 is 0 Å². The summed E-state index contributed by atoms with van der Waals surface area (Å²) in [6, 6.07) is 56.7. The number of rotatable bonds is 2. The van der Waals surface area contributed by atoms with Crippen LogP contribution in [-0.2, 0) is 0 Å². The molecule has 0 amide bonds. The first kappa shape index (κ1) is 28.2. The van der Waals surface area contributed by atoms with Gasteiger partial charge in [0.05, 0.1) is 0 Å². The molecule has 1 aliphatic carbocycles. The second-order valence-electron chi connectivity index (χ2n) is 14.2. The molecule has 1 heteroatoms. The van der Waals surface area contributed by atoms with Gasteiger partial charge < -0.3 is 0 Å². The van der Waals surface area contributed by atoms with Crippen molar-refractivity contribution in [2.75, 3.05) is 0 Å². The molecule has 1 heterocycles. The third kappa shape index (κ3) is 4.02. The molecule has 0 nitrogen and oxygen atoms in total. The Balaban J connectivity index is 1.04. The number of hydrogen-bond acceptors (Lipinski definition) is 1. The first-order valence-corrected chi connectivity index (χ1v) is 18.4. The molecule has 0 fully saturated rings. The smallest absolute Gasteiger partial charge is 0.0468 e. The fourth-order valence-electron chi connectivity index (χ4n) is 8.87. The van der Waals surface area contributed by atoms with Crippen molar-refractivity contribution in [3.63, 3.8) is 0 Å². The molecule has 1 unspecified atom stereocenters. The molecule has 0 bridgehead atoms. The van der Waals surface area contributed by atoms with Gasteiger partial charge in [-0.15, -0.1) is 11.8 Å². The van der Waals surface area contributed by atoms with Crippen LogP contribution in [0, 0.1) is 0 Å². The number of hydrogen-bond donors (Lipinski definition) is 0. The van der Waals surface area contributed by atoms with Crippen LogP contribution >= 0.6 is 11.8 Å². The van der Waals surface area contributed by atoms with Gasteiger partial charge in [0.25, 0.3) is 0 Å². The van der Waals surface area contributed by atoms with Crippen molar-refractivity contribution in [3.8, 4) is 11.1 Å². The van der Waals surface area contributed by atoms with E-state index in [1.165, 1.54) is 103 Å². The van der Waals surface area contributed by atoms with Crippen LogP contribution in [0.5, 0.6) is 0 Å². The number of allylic oxidation sites excluding steroid dienone is 3. The molecule has 234 valence electrons. The van der Waals surface area contributed by atoms with E-state index in [-0.39, 0.29) is 4.75 Å². The Morgan fingerprint density at radius 1 is 0.420 bits per heavy atom. The first-order valence-electron chi connectivity index (χ1n) is 17.6. The maximum Gasteiger partial charge on any atom is 0.0468 e. The summed E-state index contributed by atoms with van der Waals surface area (Å²) in [5, 5.41) is 15.8. The topological polar surface area (TPSA) is 0 Å². The van der Waals surface area contributed by atoms with E-state index in [4.69, 9.17) is 0 Å². The number of fused-ring (bicyclic) bond motifs is 15. The summed E-state index contributed by atoms with van der Waals surface area (Å²) >= 11 is 2.02. The lowest BCUT2D eigenvalue weighted by Crippen LogP contribution is -2.19. The van der Waals surface area contributed by atoms with Crippen LogP contribution in [0.1, 0.15) is 24.5 Å². The van der Waals surface area contributed by atoms with E-state index in [2.05, 4.69) is 171 Å². The Hall–Kier alpha value is -5.63. The SMILES string of the molecule is CC12CC=C(c3ccc4c5ccccc5c5ccccc5c4c3)C=C1c1cc(-c3ccc4c5ccccc5c5ccccc5c4c3)ccc1S2. The summed E-state index contributed by atoms with van der Waals surface area (Å²) in [7, 11) is 0. The molecule has 2 aliphatic rings. The average molecular weight is 653 g/mol. The van der Waals surface area contributed by atoms with Crippen molar-refractivity contribution < 1.29 is 0 Å². The second kappa shape index (κ2) is 10.4. The van der Waals surface area contributed by atoms with Gasteiger partial charge in [-0.3, -0.25) is 0 Å². The van der Waals surface area contributed by atoms with Gasteiger partial charge in [0, 0.05) is 9.64 Å². The maximum absolute atomic E-state index is 2.48. The van der Waals surface area contributed by atoms with E-state index in [0.29, 0.717) is 0 Å². The summed E-state index contributed by atoms with van der Waals surface area (Å²) in [4.78, 5) is 1.38. The molecule has 0 radical (unpaired) electrons. The Kier molecular flexibility index (Phi) is 5.89. The van der Waals surface area contributed by atoms with Crippen molar-refractivity contribution in [2.24, 2.45) is 0 Å². The van der Waals surface area contributed by atoms with E-state index in [9.17, 15) is 0 Å². The molecule has 0 spiro atoms. The van der Waals surface area contributed by atoms with Crippen LogP contribution in [0.15, 0.2) is 169 Å². The second-order valence-corrected chi connectivity index (χ2v) is 15.7. The Morgan fingerprint density at radius 3 is 1.34 bits per heavy atom. The largest absolute Gasteiger partial charge is 0.114 e. The minimum Gasteiger partial charge on any atom is -0.114 e. The molecule has 0 saturated carbocycles. The molecular weight excluding hydrogens is 621 g/mol. The summed E-state index contributed by atoms with van der Waals surface area (Å²) in [6.07, 6.45) is 5.96. The minimum absolute atomic E-state index is 0.0305. The third-order valence-electron chi connectivity index (χ3n) is 11.3. The monoisotopic (exact) mass is 652 g/mol. The van der Waals surface area contributed by atoms with Crippen molar-refractivity contribution in [1.82, 2.24) is 0 Å². The van der Waals surface area contributed by atoms with Crippen LogP contribution in [0.2, 0.25) is 0 Å². The highest BCUT2D eigenvalue weighted by Crippen LogP contribution is 2.58. The molecule has 1 atom stereocenters. The minimum atomic E-state index is 0.0305. The summed E-state index contributed by atoms with van der Waals surface area (Å²) in [6.45, 7) is 2.42. The van der Waals surface area contributed by atoms with Gasteiger partial charge in [0.15, 0.2) is 0 Å². The van der Waals surface area contributed by atoms with Crippen LogP contribution in [0.25, 0.3) is 86.9 Å². The van der Waals surface area contributed by atoms with Gasteiger partial charge in [-0.25, -0.2) is 0 Å². The fourth-order valence-corrected chi connectivity index (χ4v) is 10.2. The lowest BCUT2D eigenvalue weighted by molar-refractivity contribution is 0.831. The van der Waals surface area contributed by atoms with E-state index in [1.54, 1.807) is 0 Å². The normalized spacial score (nSPS) is 17.1. The van der Waals surface area contributed by atoms with E-state index >= 15 is 0 Å². The summed E-state index contributed by atoms with van der Waals surface area (Å²) in [5.74, 6) is 0. The Labute approximate surface area is 295 Å². The molecule has 1 aliphatic heterocycles. The highest BCUT2D eigenvalue weighted by atomic mass is 32.2. The average Bonchev–Trinajstić information content (AvgIpc) is 3.48. The van der Waals surface area contributed by atoms with Crippen LogP contribution < -0.4 is 0 Å². The Bertz CT molecular complexity index is 2930. The van der Waals surface area contributed by atoms with E-state index in [0.717, 1.165) is 6.42 Å². The Morgan fingerprint density at radius 2 is 0.820 bits per heavy atom. The highest BCUT2D eigenvalue weighted by Gasteiger charge is 2.40. The quantitative estimate of drug-likeness (QED) is 0.168. The van der Waals surface area contributed by atoms with Crippen LogP contribution in [0.4, 0.5) is 0 Å². The summed E-state index contributed by atoms with van der Waals surface area (Å²) in [5.41, 5.74) is 7.96. The third-order valence-corrected chi connectivity index (χ3v) is 12.8. The van der Waals surface area contributed by atoms with Gasteiger partial charge >= 0.3 is 0 Å². The van der Waals surface area contributed by atoms with Crippen molar-refractivity contribution >= 4 is 87.5 Å². The zero-order chi connectivity index (χ0) is 33.0. The van der Waals surface area contributed by atoms with E-state index in [1.807, 2.05) is 11.8 Å². The number of benzene rings is 9. The van der Waals surface area contributed by atoms with Crippen LogP contribution in [0.3, 0.4) is 0 Å². The molecule has 0 N–H and O–H groups in total. The van der Waals surface area contributed by atoms with Crippen LogP contribution in [-0.4, -0.2) is 4.75 Å². The first-order chi connectivity index (χ1) is 24.6. The molecule has 50 heavy (non-hydrogen) atoms. The predicted octanol–water partition coefficient (Wildman–Crippen LogP) is 14.0. The number of thioether (sulfide) groups is 1. The van der Waals surface area contributed by atoms with Gasteiger partial charge in [0.1, 0.15) is 0 Å². The molecular formula is C49H32S. The lowest BCUT2D eigenvalue weighted by Gasteiger charge is -2.28. The highest BCUT2D eigenvalue weighted by molar-refractivity contribution is 8.01. The molecule has 9 aromatic carbocycles. The maximum atomic E-state index is 2.48.